The number of rotatable bonds is 1. The molecule has 1 atom stereocenters. The second-order valence-corrected chi connectivity index (χ2v) is 8.10. The minimum absolute atomic E-state index is 0.229. The van der Waals surface area contributed by atoms with Crippen LogP contribution in [-0.4, -0.2) is 20.8 Å². The lowest BCUT2D eigenvalue weighted by Crippen LogP contribution is -2.60. The SMILES string of the molecule is CC1(C)c2c(F)cccc2C(c2cnc3ccccc3c2)N(O)C1(C)C. The van der Waals surface area contributed by atoms with Gasteiger partial charge in [0.2, 0.25) is 0 Å². The standard InChI is InChI=1S/C22H23FN2O/c1-21(2)19-16(9-7-10-17(19)23)20(25(26)22(21,3)4)15-12-14-8-5-6-11-18(14)24-13-15/h5-13,20,26H,1-4H3. The van der Waals surface area contributed by atoms with Crippen LogP contribution in [0.15, 0.2) is 54.7 Å². The number of pyridine rings is 1. The number of nitrogens with zero attached hydrogens (tertiary/aromatic N) is 2. The number of hydroxylamine groups is 2. The Kier molecular flexibility index (Phi) is 3.69. The van der Waals surface area contributed by atoms with Crippen LogP contribution in [0.4, 0.5) is 4.39 Å². The summed E-state index contributed by atoms with van der Waals surface area (Å²) in [7, 11) is 0. The first-order valence-electron chi connectivity index (χ1n) is 8.87. The van der Waals surface area contributed by atoms with Crippen LogP contribution >= 0.6 is 0 Å². The van der Waals surface area contributed by atoms with E-state index in [9.17, 15) is 9.60 Å². The topological polar surface area (TPSA) is 36.4 Å². The van der Waals surface area contributed by atoms with Crippen molar-refractivity contribution in [2.75, 3.05) is 0 Å². The second kappa shape index (κ2) is 5.60. The van der Waals surface area contributed by atoms with Crippen LogP contribution in [0.2, 0.25) is 0 Å². The second-order valence-electron chi connectivity index (χ2n) is 8.10. The number of halogens is 1. The largest absolute Gasteiger partial charge is 0.313 e. The monoisotopic (exact) mass is 350 g/mol. The molecule has 0 fully saturated rings. The Bertz CT molecular complexity index is 996. The summed E-state index contributed by atoms with van der Waals surface area (Å²) in [5.41, 5.74) is 1.96. The molecule has 2 aromatic carbocycles. The van der Waals surface area contributed by atoms with E-state index in [0.717, 1.165) is 22.0 Å². The van der Waals surface area contributed by atoms with Crippen LogP contribution in [0.25, 0.3) is 10.9 Å². The highest BCUT2D eigenvalue weighted by molar-refractivity contribution is 5.79. The molecule has 0 radical (unpaired) electrons. The van der Waals surface area contributed by atoms with E-state index in [1.165, 1.54) is 11.1 Å². The fraction of sp³-hybridized carbons (Fsp3) is 0.318. The highest BCUT2D eigenvalue weighted by atomic mass is 19.1. The van der Waals surface area contributed by atoms with Gasteiger partial charge in [0.15, 0.2) is 0 Å². The van der Waals surface area contributed by atoms with E-state index >= 15 is 0 Å². The summed E-state index contributed by atoms with van der Waals surface area (Å²) >= 11 is 0. The lowest BCUT2D eigenvalue weighted by Gasteiger charge is -2.54. The Labute approximate surface area is 153 Å². The van der Waals surface area contributed by atoms with Gasteiger partial charge in [-0.05, 0) is 43.2 Å². The molecule has 2 heterocycles. The molecular formula is C22H23FN2O. The molecule has 1 aliphatic heterocycles. The average molecular weight is 350 g/mol. The molecule has 0 saturated heterocycles. The number of aromatic nitrogens is 1. The number of benzene rings is 2. The Hall–Kier alpha value is -2.30. The van der Waals surface area contributed by atoms with Gasteiger partial charge >= 0.3 is 0 Å². The Balaban J connectivity index is 1.99. The summed E-state index contributed by atoms with van der Waals surface area (Å²) in [6.07, 6.45) is 1.78. The number of hydrogen-bond acceptors (Lipinski definition) is 3. The van der Waals surface area contributed by atoms with Crippen molar-refractivity contribution >= 4 is 10.9 Å². The van der Waals surface area contributed by atoms with Gasteiger partial charge in [-0.1, -0.05) is 44.2 Å². The van der Waals surface area contributed by atoms with Crippen molar-refractivity contribution in [3.05, 3.63) is 77.2 Å². The van der Waals surface area contributed by atoms with Crippen molar-refractivity contribution in [3.8, 4) is 0 Å². The van der Waals surface area contributed by atoms with Gasteiger partial charge < -0.3 is 5.21 Å². The Morgan fingerprint density at radius 1 is 1.04 bits per heavy atom. The van der Waals surface area contributed by atoms with Crippen molar-refractivity contribution < 1.29 is 9.60 Å². The summed E-state index contributed by atoms with van der Waals surface area (Å²) < 4.78 is 14.9. The fourth-order valence-electron chi connectivity index (χ4n) is 4.03. The van der Waals surface area contributed by atoms with E-state index in [0.29, 0.717) is 5.56 Å². The van der Waals surface area contributed by atoms with Crippen molar-refractivity contribution in [1.82, 2.24) is 10.0 Å². The number of fused-ring (bicyclic) bond motifs is 2. The third kappa shape index (κ3) is 2.22. The fourth-order valence-corrected chi connectivity index (χ4v) is 4.03. The predicted octanol–water partition coefficient (Wildman–Crippen LogP) is 5.22. The summed E-state index contributed by atoms with van der Waals surface area (Å²) in [5, 5.41) is 13.5. The van der Waals surface area contributed by atoms with Gasteiger partial charge in [-0.25, -0.2) is 4.39 Å². The van der Waals surface area contributed by atoms with Gasteiger partial charge in [-0.15, -0.1) is 0 Å². The highest BCUT2D eigenvalue weighted by Crippen LogP contribution is 2.51. The molecule has 3 aromatic rings. The first kappa shape index (κ1) is 17.1. The third-order valence-electron chi connectivity index (χ3n) is 6.24. The molecule has 1 N–H and O–H groups in total. The molecule has 0 amide bonds. The van der Waals surface area contributed by atoms with Gasteiger partial charge in [-0.3, -0.25) is 4.98 Å². The first-order valence-corrected chi connectivity index (χ1v) is 8.87. The molecule has 4 heteroatoms. The molecule has 0 saturated carbocycles. The van der Waals surface area contributed by atoms with E-state index in [1.807, 2.05) is 64.1 Å². The van der Waals surface area contributed by atoms with Crippen molar-refractivity contribution in [3.63, 3.8) is 0 Å². The average Bonchev–Trinajstić information content (AvgIpc) is 2.60. The van der Waals surface area contributed by atoms with Gasteiger partial charge in [0.05, 0.1) is 17.1 Å². The highest BCUT2D eigenvalue weighted by Gasteiger charge is 2.52. The lowest BCUT2D eigenvalue weighted by molar-refractivity contribution is -0.213. The Morgan fingerprint density at radius 3 is 2.54 bits per heavy atom. The van der Waals surface area contributed by atoms with E-state index in [-0.39, 0.29) is 5.82 Å². The summed E-state index contributed by atoms with van der Waals surface area (Å²) in [4.78, 5) is 4.54. The van der Waals surface area contributed by atoms with Crippen LogP contribution in [0.5, 0.6) is 0 Å². The van der Waals surface area contributed by atoms with Gasteiger partial charge in [0.1, 0.15) is 5.82 Å². The lowest BCUT2D eigenvalue weighted by atomic mass is 9.63. The maximum absolute atomic E-state index is 14.9. The third-order valence-corrected chi connectivity index (χ3v) is 6.24. The van der Waals surface area contributed by atoms with Crippen molar-refractivity contribution in [1.29, 1.82) is 0 Å². The molecule has 0 bridgehead atoms. The predicted molar refractivity (Wildman–Crippen MR) is 101 cm³/mol. The van der Waals surface area contributed by atoms with Gasteiger partial charge in [-0.2, -0.15) is 5.06 Å². The number of para-hydroxylation sites is 1. The van der Waals surface area contributed by atoms with Crippen molar-refractivity contribution in [2.24, 2.45) is 0 Å². The van der Waals surface area contributed by atoms with E-state index in [1.54, 1.807) is 12.3 Å². The molecule has 134 valence electrons. The Morgan fingerprint density at radius 2 is 1.77 bits per heavy atom. The molecular weight excluding hydrogens is 327 g/mol. The first-order chi connectivity index (χ1) is 12.2. The van der Waals surface area contributed by atoms with Crippen molar-refractivity contribution in [2.45, 2.75) is 44.7 Å². The normalized spacial score (nSPS) is 21.5. The number of hydrogen-bond donors (Lipinski definition) is 1. The molecule has 0 spiro atoms. The van der Waals surface area contributed by atoms with E-state index in [2.05, 4.69) is 4.98 Å². The molecule has 3 nitrogen and oxygen atoms in total. The van der Waals surface area contributed by atoms with Crippen LogP contribution in [0.1, 0.15) is 50.4 Å². The van der Waals surface area contributed by atoms with Crippen LogP contribution in [0.3, 0.4) is 0 Å². The van der Waals surface area contributed by atoms with Gasteiger partial charge in [0, 0.05) is 22.6 Å². The van der Waals surface area contributed by atoms with Crippen LogP contribution in [-0.2, 0) is 5.41 Å². The molecule has 0 aliphatic carbocycles. The zero-order chi connectivity index (χ0) is 18.7. The molecule has 26 heavy (non-hydrogen) atoms. The smallest absolute Gasteiger partial charge is 0.127 e. The summed E-state index contributed by atoms with van der Waals surface area (Å²) in [6, 6.07) is 14.5. The maximum Gasteiger partial charge on any atom is 0.127 e. The maximum atomic E-state index is 14.9. The van der Waals surface area contributed by atoms with Crippen LogP contribution in [0, 0.1) is 5.82 Å². The zero-order valence-corrected chi connectivity index (χ0v) is 15.5. The summed E-state index contributed by atoms with van der Waals surface area (Å²) in [6.45, 7) is 7.85. The van der Waals surface area contributed by atoms with E-state index < -0.39 is 17.0 Å². The summed E-state index contributed by atoms with van der Waals surface area (Å²) in [5.74, 6) is -0.229. The quantitative estimate of drug-likeness (QED) is 0.653. The van der Waals surface area contributed by atoms with E-state index in [4.69, 9.17) is 0 Å². The van der Waals surface area contributed by atoms with Crippen LogP contribution < -0.4 is 0 Å². The molecule has 1 aliphatic rings. The zero-order valence-electron chi connectivity index (χ0n) is 15.5. The molecule has 4 rings (SSSR count). The molecule has 1 unspecified atom stereocenters. The minimum Gasteiger partial charge on any atom is -0.313 e. The minimum atomic E-state index is -0.668. The van der Waals surface area contributed by atoms with Gasteiger partial charge in [0.25, 0.3) is 0 Å². The molecule has 1 aromatic heterocycles.